The van der Waals surface area contributed by atoms with Crippen molar-refractivity contribution in [3.63, 3.8) is 0 Å². The highest BCUT2D eigenvalue weighted by Gasteiger charge is 2.16. The molecule has 1 aromatic carbocycles. The highest BCUT2D eigenvalue weighted by atomic mass is 127. The summed E-state index contributed by atoms with van der Waals surface area (Å²) in [5.41, 5.74) is 0.584. The van der Waals surface area contributed by atoms with E-state index in [-0.39, 0.29) is 29.7 Å². The molecular formula is C22H38F2IN5O2. The van der Waals surface area contributed by atoms with Crippen molar-refractivity contribution in [3.8, 4) is 11.5 Å². The SMILES string of the molecule is CCOc1cccc(CNC(=NC)NCCCCN2CCN(CC)CC2)c1OC(F)F.I. The molecule has 0 bridgehead atoms. The number of rotatable bonds is 12. The van der Waals surface area contributed by atoms with Crippen molar-refractivity contribution in [2.24, 2.45) is 4.99 Å². The molecule has 0 spiro atoms. The second kappa shape index (κ2) is 16.2. The summed E-state index contributed by atoms with van der Waals surface area (Å²) in [5, 5.41) is 6.45. The van der Waals surface area contributed by atoms with Crippen LogP contribution in [0.3, 0.4) is 0 Å². The van der Waals surface area contributed by atoms with Crippen LogP contribution < -0.4 is 20.1 Å². The monoisotopic (exact) mass is 569 g/mol. The molecule has 1 fully saturated rings. The Morgan fingerprint density at radius 2 is 1.81 bits per heavy atom. The van der Waals surface area contributed by atoms with Crippen molar-refractivity contribution in [2.45, 2.75) is 39.8 Å². The zero-order valence-electron chi connectivity index (χ0n) is 19.4. The van der Waals surface area contributed by atoms with E-state index in [4.69, 9.17) is 9.47 Å². The van der Waals surface area contributed by atoms with Crippen LogP contribution in [0.2, 0.25) is 0 Å². The van der Waals surface area contributed by atoms with Gasteiger partial charge in [-0.3, -0.25) is 4.99 Å². The van der Waals surface area contributed by atoms with Crippen molar-refractivity contribution >= 4 is 29.9 Å². The van der Waals surface area contributed by atoms with E-state index in [1.165, 1.54) is 0 Å². The molecule has 0 amide bonds. The summed E-state index contributed by atoms with van der Waals surface area (Å²) in [6.45, 7) is 9.43. The van der Waals surface area contributed by atoms with Crippen LogP contribution in [0.4, 0.5) is 8.78 Å². The first-order chi connectivity index (χ1) is 15.1. The number of hydrogen-bond acceptors (Lipinski definition) is 5. The molecule has 32 heavy (non-hydrogen) atoms. The Morgan fingerprint density at radius 3 is 2.44 bits per heavy atom. The van der Waals surface area contributed by atoms with Crippen molar-refractivity contribution in [1.82, 2.24) is 20.4 Å². The van der Waals surface area contributed by atoms with E-state index in [1.807, 2.05) is 0 Å². The Bertz CT molecular complexity index is 674. The topological polar surface area (TPSA) is 61.4 Å². The maximum absolute atomic E-state index is 12.9. The van der Waals surface area contributed by atoms with E-state index < -0.39 is 6.61 Å². The molecular weight excluding hydrogens is 531 g/mol. The molecule has 7 nitrogen and oxygen atoms in total. The van der Waals surface area contributed by atoms with Gasteiger partial charge < -0.3 is 29.9 Å². The molecule has 2 N–H and O–H groups in total. The molecule has 1 aliphatic rings. The molecule has 10 heteroatoms. The molecule has 0 atom stereocenters. The van der Waals surface area contributed by atoms with Crippen LogP contribution in [0.25, 0.3) is 0 Å². The number of halogens is 3. The first-order valence-corrected chi connectivity index (χ1v) is 11.2. The maximum Gasteiger partial charge on any atom is 0.387 e. The third-order valence-electron chi connectivity index (χ3n) is 5.34. The summed E-state index contributed by atoms with van der Waals surface area (Å²) >= 11 is 0. The summed E-state index contributed by atoms with van der Waals surface area (Å²) < 4.78 is 35.9. The molecule has 1 saturated heterocycles. The lowest BCUT2D eigenvalue weighted by Gasteiger charge is -2.34. The number of aliphatic imine (C=N–C) groups is 1. The van der Waals surface area contributed by atoms with Crippen LogP contribution in [-0.2, 0) is 6.54 Å². The quantitative estimate of drug-likeness (QED) is 0.174. The molecule has 1 aromatic rings. The van der Waals surface area contributed by atoms with Crippen molar-refractivity contribution in [2.75, 3.05) is 59.5 Å². The van der Waals surface area contributed by atoms with E-state index >= 15 is 0 Å². The molecule has 0 aromatic heterocycles. The van der Waals surface area contributed by atoms with Gasteiger partial charge in [0.25, 0.3) is 0 Å². The minimum Gasteiger partial charge on any atom is -0.490 e. The number of unbranched alkanes of at least 4 members (excludes halogenated alkanes) is 1. The molecule has 0 saturated carbocycles. The predicted molar refractivity (Wildman–Crippen MR) is 136 cm³/mol. The van der Waals surface area contributed by atoms with Gasteiger partial charge in [0.05, 0.1) is 6.61 Å². The van der Waals surface area contributed by atoms with E-state index in [9.17, 15) is 8.78 Å². The maximum atomic E-state index is 12.9. The lowest BCUT2D eigenvalue weighted by Crippen LogP contribution is -2.46. The molecule has 2 rings (SSSR count). The Labute approximate surface area is 207 Å². The Balaban J connectivity index is 0.00000512. The summed E-state index contributed by atoms with van der Waals surface area (Å²) in [6, 6.07) is 5.12. The average molecular weight is 569 g/mol. The highest BCUT2D eigenvalue weighted by molar-refractivity contribution is 14.0. The fourth-order valence-corrected chi connectivity index (χ4v) is 3.59. The average Bonchev–Trinajstić information content (AvgIpc) is 2.77. The first kappa shape index (κ1) is 28.6. The first-order valence-electron chi connectivity index (χ1n) is 11.2. The number of para-hydroxylation sites is 1. The van der Waals surface area contributed by atoms with Crippen LogP contribution in [-0.4, -0.2) is 81.8 Å². The van der Waals surface area contributed by atoms with Crippen LogP contribution >= 0.6 is 24.0 Å². The number of nitrogens with zero attached hydrogens (tertiary/aromatic N) is 3. The van der Waals surface area contributed by atoms with Crippen molar-refractivity contribution in [3.05, 3.63) is 23.8 Å². The Morgan fingerprint density at radius 1 is 1.09 bits per heavy atom. The number of hydrogen-bond donors (Lipinski definition) is 2. The fourth-order valence-electron chi connectivity index (χ4n) is 3.59. The summed E-state index contributed by atoms with van der Waals surface area (Å²) in [7, 11) is 1.69. The van der Waals surface area contributed by atoms with Gasteiger partial charge >= 0.3 is 6.61 Å². The van der Waals surface area contributed by atoms with E-state index in [0.717, 1.165) is 58.7 Å². The zero-order valence-corrected chi connectivity index (χ0v) is 21.7. The van der Waals surface area contributed by atoms with Crippen LogP contribution in [0.5, 0.6) is 11.5 Å². The van der Waals surface area contributed by atoms with Gasteiger partial charge in [-0.15, -0.1) is 24.0 Å². The Hall–Kier alpha value is -1.40. The van der Waals surface area contributed by atoms with Gasteiger partial charge in [-0.25, -0.2) is 0 Å². The largest absolute Gasteiger partial charge is 0.490 e. The molecule has 1 aliphatic heterocycles. The van der Waals surface area contributed by atoms with Gasteiger partial charge in [0.1, 0.15) is 0 Å². The lowest BCUT2D eigenvalue weighted by molar-refractivity contribution is -0.0520. The van der Waals surface area contributed by atoms with Crippen molar-refractivity contribution in [1.29, 1.82) is 0 Å². The second-order valence-electron chi connectivity index (χ2n) is 7.39. The summed E-state index contributed by atoms with van der Waals surface area (Å²) in [4.78, 5) is 9.22. The number of alkyl halides is 2. The molecule has 0 unspecified atom stereocenters. The number of piperazine rings is 1. The third kappa shape index (κ3) is 10.0. The predicted octanol–water partition coefficient (Wildman–Crippen LogP) is 3.39. The normalized spacial score (nSPS) is 15.4. The molecule has 1 heterocycles. The second-order valence-corrected chi connectivity index (χ2v) is 7.39. The number of guanidine groups is 1. The van der Waals surface area contributed by atoms with Gasteiger partial charge in [-0.1, -0.05) is 19.1 Å². The van der Waals surface area contributed by atoms with Crippen molar-refractivity contribution < 1.29 is 18.3 Å². The number of likely N-dealkylation sites (N-methyl/N-ethyl adjacent to an activating group) is 1. The van der Waals surface area contributed by atoms with Gasteiger partial charge in [0.15, 0.2) is 17.5 Å². The molecule has 0 radical (unpaired) electrons. The number of ether oxygens (including phenoxy) is 2. The van der Waals surface area contributed by atoms with Gasteiger partial charge in [-0.2, -0.15) is 8.78 Å². The molecule has 0 aliphatic carbocycles. The van der Waals surface area contributed by atoms with Gasteiger partial charge in [0, 0.05) is 51.9 Å². The lowest BCUT2D eigenvalue weighted by atomic mass is 10.2. The van der Waals surface area contributed by atoms with E-state index in [2.05, 4.69) is 32.3 Å². The minimum atomic E-state index is -2.91. The van der Waals surface area contributed by atoms with E-state index in [1.54, 1.807) is 32.2 Å². The summed E-state index contributed by atoms with van der Waals surface area (Å²) in [5.74, 6) is 0.997. The van der Waals surface area contributed by atoms with Gasteiger partial charge in [-0.05, 0) is 38.9 Å². The number of benzene rings is 1. The third-order valence-corrected chi connectivity index (χ3v) is 5.34. The fraction of sp³-hybridized carbons (Fsp3) is 0.682. The van der Waals surface area contributed by atoms with Crippen LogP contribution in [0, 0.1) is 0 Å². The van der Waals surface area contributed by atoms with E-state index in [0.29, 0.717) is 30.4 Å². The zero-order chi connectivity index (χ0) is 22.5. The van der Waals surface area contributed by atoms with Crippen LogP contribution in [0.1, 0.15) is 32.3 Å². The number of nitrogens with one attached hydrogen (secondary N) is 2. The molecule has 184 valence electrons. The smallest absolute Gasteiger partial charge is 0.387 e. The van der Waals surface area contributed by atoms with Gasteiger partial charge in [0.2, 0.25) is 0 Å². The van der Waals surface area contributed by atoms with Crippen LogP contribution in [0.15, 0.2) is 23.2 Å². The Kier molecular flexibility index (Phi) is 14.5. The highest BCUT2D eigenvalue weighted by Crippen LogP contribution is 2.32. The minimum absolute atomic E-state index is 0. The standard InChI is InChI=1S/C22H37F2N5O2.HI/c1-4-28-13-15-29(16-14-28)12-7-6-11-26-22(25-3)27-17-18-9-8-10-19(30-5-2)20(18)31-21(23)24;/h8-10,21H,4-7,11-17H2,1-3H3,(H2,25,26,27);1H. The summed E-state index contributed by atoms with van der Waals surface area (Å²) in [6.07, 6.45) is 2.16.